The maximum Gasteiger partial charge on any atom is 0.340 e. The first-order valence-electron chi connectivity index (χ1n) is 10.7. The minimum Gasteiger partial charge on any atom is -0.465 e. The van der Waals surface area contributed by atoms with Crippen LogP contribution in [0.4, 0.5) is 5.00 Å². The molecule has 0 spiro atoms. The second kappa shape index (κ2) is 10.3. The van der Waals surface area contributed by atoms with E-state index in [1.54, 1.807) is 0 Å². The lowest BCUT2D eigenvalue weighted by molar-refractivity contribution is 0.0602. The van der Waals surface area contributed by atoms with Crippen LogP contribution < -0.4 is 5.32 Å². The Labute approximate surface area is 198 Å². The molecule has 1 aromatic heterocycles. The molecular weight excluding hydrogens is 438 g/mol. The van der Waals surface area contributed by atoms with Crippen molar-refractivity contribution in [1.29, 1.82) is 0 Å². The van der Waals surface area contributed by atoms with E-state index in [0.717, 1.165) is 36.1 Å². The maximum absolute atomic E-state index is 12.1. The molecule has 0 unspecified atom stereocenters. The van der Waals surface area contributed by atoms with Gasteiger partial charge in [0.05, 0.1) is 18.7 Å². The van der Waals surface area contributed by atoms with Crippen LogP contribution in [0.15, 0.2) is 66.7 Å². The highest BCUT2D eigenvalue weighted by Crippen LogP contribution is 2.31. The van der Waals surface area contributed by atoms with E-state index < -0.39 is 0 Å². The molecule has 1 fully saturated rings. The summed E-state index contributed by atoms with van der Waals surface area (Å²) in [6.45, 7) is 5.39. The van der Waals surface area contributed by atoms with E-state index in [1.807, 2.05) is 13.0 Å². The predicted molar refractivity (Wildman–Crippen MR) is 134 cm³/mol. The third kappa shape index (κ3) is 5.01. The summed E-state index contributed by atoms with van der Waals surface area (Å²) < 4.78 is 4.91. The number of hydrogen-bond donors (Lipinski definition) is 1. The molecule has 5 nitrogen and oxygen atoms in total. The van der Waals surface area contributed by atoms with Gasteiger partial charge >= 0.3 is 5.97 Å². The first-order valence-corrected chi connectivity index (χ1v) is 11.9. The summed E-state index contributed by atoms with van der Waals surface area (Å²) in [4.78, 5) is 17.8. The van der Waals surface area contributed by atoms with Crippen molar-refractivity contribution in [2.45, 2.75) is 13.0 Å². The Balaban J connectivity index is 1.45. The Morgan fingerprint density at radius 2 is 1.56 bits per heavy atom. The molecule has 7 heteroatoms. The number of nitrogens with one attached hydrogen (secondary N) is 1. The third-order valence-electron chi connectivity index (χ3n) is 5.68. The van der Waals surface area contributed by atoms with Gasteiger partial charge < -0.3 is 15.0 Å². The Kier molecular flexibility index (Phi) is 7.19. The Morgan fingerprint density at radius 1 is 1.00 bits per heavy atom. The van der Waals surface area contributed by atoms with Crippen LogP contribution in [-0.2, 0) is 4.74 Å². The predicted octanol–water partition coefficient (Wildman–Crippen LogP) is 4.95. The number of hydrogen-bond acceptors (Lipinski definition) is 5. The van der Waals surface area contributed by atoms with Crippen LogP contribution in [0.5, 0.6) is 0 Å². The summed E-state index contributed by atoms with van der Waals surface area (Å²) in [5.41, 5.74) is 3.12. The Bertz CT molecular complexity index is 1020. The van der Waals surface area contributed by atoms with Crippen LogP contribution in [-0.4, -0.2) is 54.2 Å². The number of carbonyl (C=O) groups is 1. The average Bonchev–Trinajstić information content (AvgIpc) is 3.20. The van der Waals surface area contributed by atoms with Gasteiger partial charge in [-0.3, -0.25) is 4.90 Å². The number of methoxy groups -OCH3 is 1. The molecule has 1 N–H and O–H groups in total. The zero-order chi connectivity index (χ0) is 22.5. The summed E-state index contributed by atoms with van der Waals surface area (Å²) in [7, 11) is 1.40. The van der Waals surface area contributed by atoms with Gasteiger partial charge in [-0.2, -0.15) is 0 Å². The van der Waals surface area contributed by atoms with Crippen LogP contribution >= 0.6 is 23.6 Å². The van der Waals surface area contributed by atoms with Crippen molar-refractivity contribution in [2.24, 2.45) is 0 Å². The number of thiophene rings is 1. The van der Waals surface area contributed by atoms with E-state index >= 15 is 0 Å². The quantitative estimate of drug-likeness (QED) is 0.425. The minimum absolute atomic E-state index is 0.215. The van der Waals surface area contributed by atoms with Crippen LogP contribution in [0.1, 0.15) is 32.4 Å². The molecule has 0 atom stereocenters. The van der Waals surface area contributed by atoms with Gasteiger partial charge in [0.15, 0.2) is 5.11 Å². The molecule has 2 aromatic carbocycles. The molecule has 0 aliphatic carbocycles. The molecule has 166 valence electrons. The van der Waals surface area contributed by atoms with Gasteiger partial charge in [-0.25, -0.2) is 4.79 Å². The number of anilines is 1. The van der Waals surface area contributed by atoms with Crippen LogP contribution in [0.25, 0.3) is 0 Å². The SMILES string of the molecule is COC(=O)c1cc(C)sc1NC(=S)N1CCN(C(c2ccccc2)c2ccccc2)CC1. The third-order valence-corrected chi connectivity index (χ3v) is 7.00. The second-order valence-corrected chi connectivity index (χ2v) is 9.41. The number of esters is 1. The topological polar surface area (TPSA) is 44.8 Å². The van der Waals surface area contributed by atoms with Crippen molar-refractivity contribution in [3.05, 3.63) is 88.3 Å². The summed E-state index contributed by atoms with van der Waals surface area (Å²) >= 11 is 7.20. The first kappa shape index (κ1) is 22.5. The number of benzene rings is 2. The van der Waals surface area contributed by atoms with Crippen molar-refractivity contribution in [1.82, 2.24) is 9.80 Å². The van der Waals surface area contributed by atoms with Crippen molar-refractivity contribution < 1.29 is 9.53 Å². The number of ether oxygens (including phenoxy) is 1. The van der Waals surface area contributed by atoms with Gasteiger partial charge in [-0.1, -0.05) is 60.7 Å². The van der Waals surface area contributed by atoms with Gasteiger partial charge in [0, 0.05) is 31.1 Å². The number of piperazine rings is 1. The molecule has 32 heavy (non-hydrogen) atoms. The van der Waals surface area contributed by atoms with E-state index in [-0.39, 0.29) is 12.0 Å². The molecular formula is C25H27N3O2S2. The van der Waals surface area contributed by atoms with Gasteiger partial charge in [-0.05, 0) is 36.3 Å². The van der Waals surface area contributed by atoms with E-state index in [2.05, 4.69) is 75.8 Å². The number of aryl methyl sites for hydroxylation is 1. The lowest BCUT2D eigenvalue weighted by Crippen LogP contribution is -2.51. The smallest absolute Gasteiger partial charge is 0.340 e. The summed E-state index contributed by atoms with van der Waals surface area (Å²) in [5.74, 6) is -0.349. The van der Waals surface area contributed by atoms with Crippen LogP contribution in [0.3, 0.4) is 0 Å². The Hall–Kier alpha value is -2.74. The van der Waals surface area contributed by atoms with E-state index in [1.165, 1.54) is 29.6 Å². The normalized spacial score (nSPS) is 14.4. The number of rotatable bonds is 5. The van der Waals surface area contributed by atoms with Gasteiger partial charge in [0.1, 0.15) is 5.00 Å². The largest absolute Gasteiger partial charge is 0.465 e. The lowest BCUT2D eigenvalue weighted by Gasteiger charge is -2.40. The number of thiocarbonyl (C=S) groups is 1. The highest BCUT2D eigenvalue weighted by Gasteiger charge is 2.27. The lowest BCUT2D eigenvalue weighted by atomic mass is 9.96. The minimum atomic E-state index is -0.349. The first-order chi connectivity index (χ1) is 15.6. The number of carbonyl (C=O) groups excluding carboxylic acids is 1. The highest BCUT2D eigenvalue weighted by atomic mass is 32.1. The van der Waals surface area contributed by atoms with Crippen molar-refractivity contribution in [3.8, 4) is 0 Å². The van der Waals surface area contributed by atoms with Crippen LogP contribution in [0.2, 0.25) is 0 Å². The van der Waals surface area contributed by atoms with E-state index in [4.69, 9.17) is 17.0 Å². The molecule has 0 radical (unpaired) electrons. The standard InChI is InChI=1S/C25H27N3O2S2/c1-18-17-21(24(29)30-2)23(32-18)26-25(31)28-15-13-27(14-16-28)22(19-9-5-3-6-10-19)20-11-7-4-8-12-20/h3-12,17,22H,13-16H2,1-2H3,(H,26,31). The maximum atomic E-state index is 12.1. The molecule has 4 rings (SSSR count). The zero-order valence-electron chi connectivity index (χ0n) is 18.3. The fourth-order valence-corrected chi connectivity index (χ4v) is 5.36. The summed E-state index contributed by atoms with van der Waals surface area (Å²) in [6.07, 6.45) is 0. The summed E-state index contributed by atoms with van der Waals surface area (Å²) in [5, 5.41) is 4.67. The second-order valence-electron chi connectivity index (χ2n) is 7.77. The molecule has 0 bridgehead atoms. The van der Waals surface area contributed by atoms with Gasteiger partial charge in [-0.15, -0.1) is 11.3 Å². The average molecular weight is 466 g/mol. The van der Waals surface area contributed by atoms with Crippen molar-refractivity contribution >= 4 is 39.6 Å². The molecule has 1 aliphatic rings. The molecule has 1 aliphatic heterocycles. The fourth-order valence-electron chi connectivity index (χ4n) is 4.11. The fraction of sp³-hybridized carbons (Fsp3) is 0.280. The molecule has 0 saturated carbocycles. The van der Waals surface area contributed by atoms with Gasteiger partial charge in [0.25, 0.3) is 0 Å². The molecule has 3 aromatic rings. The zero-order valence-corrected chi connectivity index (χ0v) is 19.9. The summed E-state index contributed by atoms with van der Waals surface area (Å²) in [6, 6.07) is 23.4. The Morgan fingerprint density at radius 3 is 2.09 bits per heavy atom. The van der Waals surface area contributed by atoms with Crippen LogP contribution in [0, 0.1) is 6.92 Å². The highest BCUT2D eigenvalue weighted by molar-refractivity contribution is 7.80. The number of nitrogens with zero attached hydrogens (tertiary/aromatic N) is 2. The van der Waals surface area contributed by atoms with E-state index in [9.17, 15) is 4.79 Å². The monoisotopic (exact) mass is 465 g/mol. The van der Waals surface area contributed by atoms with Crippen molar-refractivity contribution in [3.63, 3.8) is 0 Å². The van der Waals surface area contributed by atoms with Crippen molar-refractivity contribution in [2.75, 3.05) is 38.6 Å². The van der Waals surface area contributed by atoms with E-state index in [0.29, 0.717) is 10.7 Å². The van der Waals surface area contributed by atoms with Gasteiger partial charge in [0.2, 0.25) is 0 Å². The molecule has 2 heterocycles. The molecule has 0 amide bonds. The molecule has 1 saturated heterocycles.